The van der Waals surface area contributed by atoms with Gasteiger partial charge in [-0.3, -0.25) is 4.79 Å². The molecule has 1 aliphatic heterocycles. The Hall–Kier alpha value is -1.80. The topological polar surface area (TPSA) is 78.3 Å². The molecule has 19 heavy (non-hydrogen) atoms. The molecule has 1 saturated heterocycles. The number of nitrogens with one attached hydrogen (secondary N) is 1. The molecule has 2 atom stereocenters. The molecule has 2 heterocycles. The van der Waals surface area contributed by atoms with Crippen molar-refractivity contribution >= 4 is 5.91 Å². The van der Waals surface area contributed by atoms with Gasteiger partial charge in [0.15, 0.2) is 5.83 Å². The molecule has 1 amide bonds. The van der Waals surface area contributed by atoms with Crippen LogP contribution in [-0.2, 0) is 20.8 Å². The van der Waals surface area contributed by atoms with E-state index < -0.39 is 11.7 Å². The highest BCUT2D eigenvalue weighted by molar-refractivity contribution is 5.90. The summed E-state index contributed by atoms with van der Waals surface area (Å²) in [6.07, 6.45) is 1.60. The maximum Gasteiger partial charge on any atom is 0.279 e. The average molecular weight is 270 g/mol. The van der Waals surface area contributed by atoms with Crippen molar-refractivity contribution in [2.45, 2.75) is 18.7 Å². The molecule has 1 N–H and O–H groups in total. The minimum atomic E-state index is -1.03. The number of halogens is 1. The van der Waals surface area contributed by atoms with Gasteiger partial charge in [-0.15, -0.1) is 5.10 Å². The summed E-state index contributed by atoms with van der Waals surface area (Å²) in [7, 11) is 1.61. The van der Waals surface area contributed by atoms with Crippen molar-refractivity contribution in [3.05, 3.63) is 24.3 Å². The molecule has 0 aliphatic carbocycles. The van der Waals surface area contributed by atoms with Crippen molar-refractivity contribution in [1.82, 2.24) is 20.3 Å². The van der Waals surface area contributed by atoms with Crippen LogP contribution in [0.25, 0.3) is 0 Å². The Labute approximate surface area is 109 Å². The van der Waals surface area contributed by atoms with Crippen molar-refractivity contribution < 1.29 is 18.7 Å². The van der Waals surface area contributed by atoms with Crippen LogP contribution < -0.4 is 5.32 Å². The minimum Gasteiger partial charge on any atom is -0.377 e. The van der Waals surface area contributed by atoms with Crippen molar-refractivity contribution in [3.8, 4) is 0 Å². The van der Waals surface area contributed by atoms with E-state index in [-0.39, 0.29) is 18.7 Å². The van der Waals surface area contributed by atoms with Crippen LogP contribution in [0.4, 0.5) is 4.39 Å². The predicted molar refractivity (Wildman–Crippen MR) is 62.8 cm³/mol. The second-order valence-corrected chi connectivity index (χ2v) is 4.16. The van der Waals surface area contributed by atoms with Gasteiger partial charge in [0.1, 0.15) is 17.8 Å². The number of hydrogen-bond acceptors (Lipinski definition) is 5. The Balaban J connectivity index is 1.95. The molecule has 0 aromatic carbocycles. The Morgan fingerprint density at radius 3 is 3.21 bits per heavy atom. The lowest BCUT2D eigenvalue weighted by atomic mass is 10.2. The average Bonchev–Trinajstić information content (AvgIpc) is 3.03. The lowest BCUT2D eigenvalue weighted by Gasteiger charge is -2.15. The first-order chi connectivity index (χ1) is 9.11. The monoisotopic (exact) mass is 270 g/mol. The number of amides is 1. The second-order valence-electron chi connectivity index (χ2n) is 4.16. The zero-order chi connectivity index (χ0) is 13.8. The van der Waals surface area contributed by atoms with E-state index in [2.05, 4.69) is 22.2 Å². The first-order valence-corrected chi connectivity index (χ1v) is 5.75. The standard InChI is InChI=1S/C11H15FN4O3/c1-7(12)11(17)13-3-8-4-16(15-14-8)9-5-19-6-10(9)18-2/h4,9-10H,1,3,5-6H2,2H3,(H,13,17)/t9-,10-/m1/s1. The zero-order valence-corrected chi connectivity index (χ0v) is 10.5. The number of ether oxygens (including phenoxy) is 2. The van der Waals surface area contributed by atoms with E-state index in [0.717, 1.165) is 0 Å². The van der Waals surface area contributed by atoms with Gasteiger partial charge >= 0.3 is 0 Å². The van der Waals surface area contributed by atoms with Crippen LogP contribution in [0.5, 0.6) is 0 Å². The van der Waals surface area contributed by atoms with Gasteiger partial charge in [0.2, 0.25) is 0 Å². The highest BCUT2D eigenvalue weighted by Gasteiger charge is 2.30. The SMILES string of the molecule is C=C(F)C(=O)NCc1cn([C@@H]2COC[C@H]2OC)nn1. The van der Waals surface area contributed by atoms with Gasteiger partial charge in [0.05, 0.1) is 26.0 Å². The van der Waals surface area contributed by atoms with E-state index in [1.54, 1.807) is 18.0 Å². The van der Waals surface area contributed by atoms with E-state index >= 15 is 0 Å². The van der Waals surface area contributed by atoms with Gasteiger partial charge in [-0.1, -0.05) is 11.8 Å². The van der Waals surface area contributed by atoms with Crippen LogP contribution in [0.1, 0.15) is 11.7 Å². The molecule has 0 saturated carbocycles. The summed E-state index contributed by atoms with van der Waals surface area (Å²) in [6.45, 7) is 4.00. The van der Waals surface area contributed by atoms with Crippen molar-refractivity contribution in [2.24, 2.45) is 0 Å². The summed E-state index contributed by atoms with van der Waals surface area (Å²) >= 11 is 0. The normalized spacial score (nSPS) is 22.4. The van der Waals surface area contributed by atoms with Gasteiger partial charge in [-0.25, -0.2) is 9.07 Å². The van der Waals surface area contributed by atoms with Crippen LogP contribution in [0.3, 0.4) is 0 Å². The molecule has 0 radical (unpaired) electrons. The molecule has 0 unspecified atom stereocenters. The summed E-state index contributed by atoms with van der Waals surface area (Å²) in [5.41, 5.74) is 0.524. The van der Waals surface area contributed by atoms with Crippen molar-refractivity contribution in [2.75, 3.05) is 20.3 Å². The lowest BCUT2D eigenvalue weighted by Crippen LogP contribution is -2.25. The fourth-order valence-electron chi connectivity index (χ4n) is 1.82. The number of aromatic nitrogens is 3. The molecule has 104 valence electrons. The van der Waals surface area contributed by atoms with Crippen LogP contribution in [-0.4, -0.2) is 47.3 Å². The van der Waals surface area contributed by atoms with E-state index in [4.69, 9.17) is 9.47 Å². The zero-order valence-electron chi connectivity index (χ0n) is 10.5. The van der Waals surface area contributed by atoms with Crippen LogP contribution in [0.15, 0.2) is 18.6 Å². The third kappa shape index (κ3) is 3.15. The summed E-state index contributed by atoms with van der Waals surface area (Å²) < 4.78 is 24.7. The molecule has 1 aromatic rings. The maximum absolute atomic E-state index is 12.5. The number of carbonyl (C=O) groups excluding carboxylic acids is 1. The number of carbonyl (C=O) groups is 1. The number of nitrogens with zero attached hydrogens (tertiary/aromatic N) is 3. The van der Waals surface area contributed by atoms with E-state index in [1.807, 2.05) is 0 Å². The first-order valence-electron chi connectivity index (χ1n) is 5.75. The van der Waals surface area contributed by atoms with Crippen LogP contribution in [0.2, 0.25) is 0 Å². The molecule has 1 aliphatic rings. The number of methoxy groups -OCH3 is 1. The third-order valence-electron chi connectivity index (χ3n) is 2.88. The number of rotatable bonds is 5. The van der Waals surface area contributed by atoms with Gasteiger partial charge in [0.25, 0.3) is 5.91 Å². The molecule has 1 fully saturated rings. The molecule has 7 nitrogen and oxygen atoms in total. The van der Waals surface area contributed by atoms with Crippen LogP contribution >= 0.6 is 0 Å². The van der Waals surface area contributed by atoms with E-state index in [9.17, 15) is 9.18 Å². The highest BCUT2D eigenvalue weighted by Crippen LogP contribution is 2.20. The van der Waals surface area contributed by atoms with E-state index in [1.165, 1.54) is 0 Å². The van der Waals surface area contributed by atoms with Crippen molar-refractivity contribution in [3.63, 3.8) is 0 Å². The Morgan fingerprint density at radius 1 is 1.74 bits per heavy atom. The quantitative estimate of drug-likeness (QED) is 0.760. The first kappa shape index (κ1) is 13.6. The largest absolute Gasteiger partial charge is 0.377 e. The molecule has 1 aromatic heterocycles. The molecular weight excluding hydrogens is 255 g/mol. The summed E-state index contributed by atoms with van der Waals surface area (Å²) in [6, 6.07) is -0.0434. The maximum atomic E-state index is 12.5. The summed E-state index contributed by atoms with van der Waals surface area (Å²) in [5.74, 6) is -1.88. The molecular formula is C11H15FN4O3. The molecule has 0 spiro atoms. The third-order valence-corrected chi connectivity index (χ3v) is 2.88. The lowest BCUT2D eigenvalue weighted by molar-refractivity contribution is -0.119. The molecule has 0 bridgehead atoms. The minimum absolute atomic E-state index is 0.0434. The van der Waals surface area contributed by atoms with E-state index in [0.29, 0.717) is 18.9 Å². The van der Waals surface area contributed by atoms with Crippen LogP contribution in [0, 0.1) is 0 Å². The van der Waals surface area contributed by atoms with Gasteiger partial charge in [0, 0.05) is 7.11 Å². The fraction of sp³-hybridized carbons (Fsp3) is 0.545. The summed E-state index contributed by atoms with van der Waals surface area (Å²) in [4.78, 5) is 11.0. The molecule has 2 rings (SSSR count). The number of hydrogen-bond donors (Lipinski definition) is 1. The highest BCUT2D eigenvalue weighted by atomic mass is 19.1. The van der Waals surface area contributed by atoms with Gasteiger partial charge in [-0.05, 0) is 0 Å². The molecule has 8 heteroatoms. The smallest absolute Gasteiger partial charge is 0.279 e. The Bertz CT molecular complexity index is 476. The summed E-state index contributed by atoms with van der Waals surface area (Å²) in [5, 5.41) is 10.2. The van der Waals surface area contributed by atoms with Gasteiger partial charge < -0.3 is 14.8 Å². The fourth-order valence-corrected chi connectivity index (χ4v) is 1.82. The second kappa shape index (κ2) is 5.89. The van der Waals surface area contributed by atoms with Crippen molar-refractivity contribution in [1.29, 1.82) is 0 Å². The Morgan fingerprint density at radius 2 is 2.53 bits per heavy atom. The Kier molecular flexibility index (Phi) is 4.23. The predicted octanol–water partition coefficient (Wildman–Crippen LogP) is -0.0362. The van der Waals surface area contributed by atoms with Gasteiger partial charge in [-0.2, -0.15) is 0 Å².